The van der Waals surface area contributed by atoms with E-state index in [0.717, 1.165) is 5.56 Å². The fourth-order valence-corrected chi connectivity index (χ4v) is 1.91. The Morgan fingerprint density at radius 2 is 2.21 bits per heavy atom. The maximum Gasteiger partial charge on any atom is 0.166 e. The average molecular weight is 281 g/mol. The summed E-state index contributed by atoms with van der Waals surface area (Å²) in [5.74, 6) is 0.130. The van der Waals surface area contributed by atoms with Crippen LogP contribution in [-0.2, 0) is 6.42 Å². The lowest BCUT2D eigenvalue weighted by Gasteiger charge is -2.13. The third kappa shape index (κ3) is 3.66. The number of halogens is 2. The number of nitrogens with zero attached hydrogens (tertiary/aromatic N) is 1. The van der Waals surface area contributed by atoms with Crippen molar-refractivity contribution < 1.29 is 9.13 Å². The molecule has 0 amide bonds. The molecule has 1 heterocycles. The van der Waals surface area contributed by atoms with Crippen LogP contribution in [0.4, 0.5) is 4.39 Å². The normalized spacial score (nSPS) is 12.2. The molecule has 0 bridgehead atoms. The molecule has 5 heteroatoms. The zero-order chi connectivity index (χ0) is 13.8. The van der Waals surface area contributed by atoms with Crippen LogP contribution in [0.5, 0.6) is 11.5 Å². The molecule has 1 aromatic heterocycles. The smallest absolute Gasteiger partial charge is 0.166 e. The first kappa shape index (κ1) is 13.8. The van der Waals surface area contributed by atoms with Gasteiger partial charge in [-0.05, 0) is 25.0 Å². The van der Waals surface area contributed by atoms with Gasteiger partial charge in [-0.15, -0.1) is 0 Å². The largest absolute Gasteiger partial charge is 0.452 e. The summed E-state index contributed by atoms with van der Waals surface area (Å²) in [6.45, 7) is 1.86. The van der Waals surface area contributed by atoms with Crippen molar-refractivity contribution in [3.05, 3.63) is 53.1 Å². The molecule has 1 atom stereocenters. The van der Waals surface area contributed by atoms with Crippen molar-refractivity contribution in [1.82, 2.24) is 4.98 Å². The third-order valence-electron chi connectivity index (χ3n) is 2.49. The fourth-order valence-electron chi connectivity index (χ4n) is 1.74. The van der Waals surface area contributed by atoms with E-state index in [1.165, 1.54) is 18.5 Å². The van der Waals surface area contributed by atoms with Gasteiger partial charge in [0.1, 0.15) is 5.75 Å². The topological polar surface area (TPSA) is 48.1 Å². The van der Waals surface area contributed by atoms with Gasteiger partial charge in [-0.25, -0.2) is 4.39 Å². The second-order valence-electron chi connectivity index (χ2n) is 4.35. The molecular weight excluding hydrogens is 267 g/mol. The summed E-state index contributed by atoms with van der Waals surface area (Å²) in [5, 5.41) is 0.433. The summed E-state index contributed by atoms with van der Waals surface area (Å²) in [6.07, 6.45) is 3.49. The van der Waals surface area contributed by atoms with Crippen molar-refractivity contribution in [1.29, 1.82) is 0 Å². The average Bonchev–Trinajstić information content (AvgIpc) is 2.33. The Morgan fingerprint density at radius 3 is 2.89 bits per heavy atom. The van der Waals surface area contributed by atoms with Gasteiger partial charge in [0.2, 0.25) is 0 Å². The van der Waals surface area contributed by atoms with Gasteiger partial charge in [0.25, 0.3) is 0 Å². The van der Waals surface area contributed by atoms with Crippen LogP contribution in [0.1, 0.15) is 12.5 Å². The van der Waals surface area contributed by atoms with Crippen LogP contribution in [0.3, 0.4) is 0 Å². The van der Waals surface area contributed by atoms with Crippen LogP contribution in [0.15, 0.2) is 36.7 Å². The van der Waals surface area contributed by atoms with Crippen LogP contribution in [0.25, 0.3) is 0 Å². The highest BCUT2D eigenvalue weighted by atomic mass is 35.5. The molecule has 0 saturated heterocycles. The molecular formula is C14H14ClFN2O. The molecule has 0 spiro atoms. The predicted molar refractivity (Wildman–Crippen MR) is 73.1 cm³/mol. The summed E-state index contributed by atoms with van der Waals surface area (Å²) < 4.78 is 19.4. The highest BCUT2D eigenvalue weighted by Crippen LogP contribution is 2.29. The summed E-state index contributed by atoms with van der Waals surface area (Å²) in [4.78, 5) is 3.90. The number of hydrogen-bond donors (Lipinski definition) is 1. The van der Waals surface area contributed by atoms with E-state index in [4.69, 9.17) is 22.1 Å². The van der Waals surface area contributed by atoms with E-state index in [9.17, 15) is 4.39 Å². The van der Waals surface area contributed by atoms with E-state index in [1.807, 2.05) is 6.92 Å². The van der Waals surface area contributed by atoms with Crippen molar-refractivity contribution in [2.24, 2.45) is 5.73 Å². The Bertz CT molecular complexity index is 575. The molecule has 2 rings (SSSR count). The Kier molecular flexibility index (Phi) is 4.35. The molecule has 1 aromatic carbocycles. The van der Waals surface area contributed by atoms with Crippen LogP contribution in [0.2, 0.25) is 5.02 Å². The lowest BCUT2D eigenvalue weighted by molar-refractivity contribution is 0.433. The minimum absolute atomic E-state index is 0.0818. The Labute approximate surface area is 116 Å². The van der Waals surface area contributed by atoms with Crippen molar-refractivity contribution in [2.75, 3.05) is 0 Å². The Morgan fingerprint density at radius 1 is 1.42 bits per heavy atom. The van der Waals surface area contributed by atoms with Gasteiger partial charge in [0, 0.05) is 18.3 Å². The monoisotopic (exact) mass is 280 g/mol. The van der Waals surface area contributed by atoms with E-state index >= 15 is 0 Å². The third-order valence-corrected chi connectivity index (χ3v) is 2.70. The molecule has 3 nitrogen and oxygen atoms in total. The quantitative estimate of drug-likeness (QED) is 0.931. The zero-order valence-corrected chi connectivity index (χ0v) is 11.2. The summed E-state index contributed by atoms with van der Waals surface area (Å²) in [6, 6.07) is 6.27. The number of rotatable bonds is 4. The summed E-state index contributed by atoms with van der Waals surface area (Å²) >= 11 is 5.82. The summed E-state index contributed by atoms with van der Waals surface area (Å²) in [7, 11) is 0. The van der Waals surface area contributed by atoms with E-state index < -0.39 is 5.82 Å². The molecule has 0 aliphatic rings. The van der Waals surface area contributed by atoms with E-state index in [0.29, 0.717) is 17.2 Å². The number of nitrogens with two attached hydrogens (primary N) is 1. The number of benzene rings is 1. The Hall–Kier alpha value is -1.65. The van der Waals surface area contributed by atoms with Crippen molar-refractivity contribution in [2.45, 2.75) is 19.4 Å². The lowest BCUT2D eigenvalue weighted by atomic mass is 10.1. The molecule has 0 saturated carbocycles. The van der Waals surface area contributed by atoms with Gasteiger partial charge in [0.05, 0.1) is 11.2 Å². The second-order valence-corrected chi connectivity index (χ2v) is 4.79. The fraction of sp³-hybridized carbons (Fsp3) is 0.214. The van der Waals surface area contributed by atoms with Crippen molar-refractivity contribution in [3.63, 3.8) is 0 Å². The molecule has 2 aromatic rings. The number of para-hydroxylation sites is 1. The molecule has 0 aliphatic carbocycles. The van der Waals surface area contributed by atoms with Gasteiger partial charge < -0.3 is 10.5 Å². The minimum Gasteiger partial charge on any atom is -0.452 e. The van der Waals surface area contributed by atoms with Crippen LogP contribution >= 0.6 is 11.6 Å². The number of hydrogen-bond acceptors (Lipinski definition) is 3. The minimum atomic E-state index is -0.432. The number of pyridine rings is 1. The lowest BCUT2D eigenvalue weighted by Crippen LogP contribution is -2.18. The highest BCUT2D eigenvalue weighted by molar-refractivity contribution is 6.30. The van der Waals surface area contributed by atoms with Gasteiger partial charge in [-0.3, -0.25) is 4.98 Å². The van der Waals surface area contributed by atoms with E-state index in [2.05, 4.69) is 4.98 Å². The predicted octanol–water partition coefficient (Wildman–Crippen LogP) is 3.56. The summed E-state index contributed by atoms with van der Waals surface area (Å²) in [5.41, 5.74) is 6.47. The molecule has 0 aliphatic heterocycles. The van der Waals surface area contributed by atoms with Crippen molar-refractivity contribution >= 4 is 11.6 Å². The standard InChI is InChI=1S/C14H14ClFN2O/c1-9(17)5-10-3-2-4-13(16)14(10)19-12-6-11(15)7-18-8-12/h2-4,6-9H,5,17H2,1H3. The number of aromatic nitrogens is 1. The maximum absolute atomic E-state index is 13.9. The van der Waals surface area contributed by atoms with E-state index in [-0.39, 0.29) is 11.8 Å². The van der Waals surface area contributed by atoms with Gasteiger partial charge >= 0.3 is 0 Å². The molecule has 19 heavy (non-hydrogen) atoms. The molecule has 0 fully saturated rings. The SMILES string of the molecule is CC(N)Cc1cccc(F)c1Oc1cncc(Cl)c1. The first-order chi connectivity index (χ1) is 9.06. The van der Waals surface area contributed by atoms with E-state index in [1.54, 1.807) is 18.2 Å². The van der Waals surface area contributed by atoms with Crippen LogP contribution in [0, 0.1) is 5.82 Å². The molecule has 2 N–H and O–H groups in total. The number of ether oxygens (including phenoxy) is 1. The van der Waals surface area contributed by atoms with Gasteiger partial charge in [-0.1, -0.05) is 23.7 Å². The Balaban J connectivity index is 2.33. The molecule has 1 unspecified atom stereocenters. The highest BCUT2D eigenvalue weighted by Gasteiger charge is 2.12. The molecule has 0 radical (unpaired) electrons. The first-order valence-electron chi connectivity index (χ1n) is 5.87. The van der Waals surface area contributed by atoms with Gasteiger partial charge in [0.15, 0.2) is 11.6 Å². The van der Waals surface area contributed by atoms with Gasteiger partial charge in [-0.2, -0.15) is 0 Å². The van der Waals surface area contributed by atoms with Crippen LogP contribution in [-0.4, -0.2) is 11.0 Å². The van der Waals surface area contributed by atoms with Crippen molar-refractivity contribution in [3.8, 4) is 11.5 Å². The second kappa shape index (κ2) is 5.99. The maximum atomic E-state index is 13.9. The van der Waals surface area contributed by atoms with Crippen LogP contribution < -0.4 is 10.5 Å². The molecule has 100 valence electrons. The first-order valence-corrected chi connectivity index (χ1v) is 6.25. The zero-order valence-electron chi connectivity index (χ0n) is 10.4.